The summed E-state index contributed by atoms with van der Waals surface area (Å²) in [6.45, 7) is 4.75. The topological polar surface area (TPSA) is 110 Å². The van der Waals surface area contributed by atoms with Gasteiger partial charge in [-0.1, -0.05) is 18.2 Å². The van der Waals surface area contributed by atoms with Crippen molar-refractivity contribution in [2.24, 2.45) is 0 Å². The van der Waals surface area contributed by atoms with Gasteiger partial charge in [-0.3, -0.25) is 23.7 Å². The Morgan fingerprint density at radius 1 is 1.08 bits per heavy atom. The van der Waals surface area contributed by atoms with Crippen molar-refractivity contribution in [3.05, 3.63) is 90.7 Å². The van der Waals surface area contributed by atoms with Crippen LogP contribution in [0.15, 0.2) is 52.1 Å². The zero-order chi connectivity index (χ0) is 28.0. The number of carbonyl (C=O) groups is 3. The van der Waals surface area contributed by atoms with E-state index in [0.717, 1.165) is 15.0 Å². The van der Waals surface area contributed by atoms with Crippen LogP contribution >= 0.6 is 11.3 Å². The molecule has 3 heterocycles. The van der Waals surface area contributed by atoms with E-state index in [2.05, 4.69) is 5.32 Å². The number of rotatable bonds is 5. The van der Waals surface area contributed by atoms with Gasteiger partial charge in [0, 0.05) is 29.6 Å². The number of thiophene rings is 1. The Kier molecular flexibility index (Phi) is 6.77. The van der Waals surface area contributed by atoms with Crippen molar-refractivity contribution in [1.82, 2.24) is 14.0 Å². The fraction of sp³-hybridized carbons (Fsp3) is 0.250. The van der Waals surface area contributed by atoms with Crippen molar-refractivity contribution >= 4 is 44.8 Å². The molecule has 11 heteroatoms. The van der Waals surface area contributed by atoms with E-state index in [1.165, 1.54) is 48.0 Å². The predicted molar refractivity (Wildman–Crippen MR) is 146 cm³/mol. The maximum Gasteiger partial charge on any atom is 0.337 e. The molecule has 1 aliphatic rings. The molecule has 5 rings (SSSR count). The van der Waals surface area contributed by atoms with E-state index in [4.69, 9.17) is 0 Å². The van der Waals surface area contributed by atoms with E-state index in [9.17, 15) is 28.4 Å². The number of aryl methyl sites for hydroxylation is 1. The average Bonchev–Trinajstić information content (AvgIpc) is 3.28. The number of Topliss-reactive ketones (excluding diaryl/α,β-unsaturated/α-hetero) is 1. The molecule has 0 atom stereocenters. The van der Waals surface area contributed by atoms with Gasteiger partial charge in [-0.05, 0) is 55.7 Å². The molecule has 2 amide bonds. The zero-order valence-electron chi connectivity index (χ0n) is 21.5. The van der Waals surface area contributed by atoms with Crippen LogP contribution in [-0.4, -0.2) is 38.2 Å². The zero-order valence-corrected chi connectivity index (χ0v) is 22.4. The molecule has 0 saturated carbocycles. The number of ketones is 1. The molecule has 0 radical (unpaired) electrons. The molecule has 2 aromatic carbocycles. The summed E-state index contributed by atoms with van der Waals surface area (Å²) in [5.74, 6) is -1.39. The molecule has 2 aromatic heterocycles. The minimum absolute atomic E-state index is 0.0985. The van der Waals surface area contributed by atoms with Crippen molar-refractivity contribution in [3.63, 3.8) is 0 Å². The fourth-order valence-corrected chi connectivity index (χ4v) is 6.07. The van der Waals surface area contributed by atoms with Crippen LogP contribution in [0.2, 0.25) is 0 Å². The Hall–Kier alpha value is -4.38. The first kappa shape index (κ1) is 26.2. The van der Waals surface area contributed by atoms with Gasteiger partial charge in [-0.15, -0.1) is 11.3 Å². The van der Waals surface area contributed by atoms with Crippen molar-refractivity contribution in [2.45, 2.75) is 40.3 Å². The van der Waals surface area contributed by atoms with Crippen LogP contribution in [0.1, 0.15) is 40.2 Å². The van der Waals surface area contributed by atoms with Crippen molar-refractivity contribution < 1.29 is 18.8 Å². The summed E-state index contributed by atoms with van der Waals surface area (Å²) < 4.78 is 16.2. The lowest BCUT2D eigenvalue weighted by Crippen LogP contribution is -2.41. The molecular weight excluding hydrogens is 523 g/mol. The first-order valence-electron chi connectivity index (χ1n) is 12.3. The van der Waals surface area contributed by atoms with Crippen LogP contribution in [0.5, 0.6) is 0 Å². The van der Waals surface area contributed by atoms with Gasteiger partial charge in [0.25, 0.3) is 5.56 Å². The quantitative estimate of drug-likeness (QED) is 0.385. The van der Waals surface area contributed by atoms with E-state index in [1.54, 1.807) is 36.1 Å². The number of halogens is 1. The molecule has 0 spiro atoms. The van der Waals surface area contributed by atoms with Crippen LogP contribution < -0.4 is 16.6 Å². The van der Waals surface area contributed by atoms with E-state index in [1.807, 2.05) is 0 Å². The van der Waals surface area contributed by atoms with Gasteiger partial charge in [0.1, 0.15) is 17.2 Å². The number of nitrogens with zero attached hydrogens (tertiary/aromatic N) is 3. The summed E-state index contributed by atoms with van der Waals surface area (Å²) >= 11 is 1.20. The second-order valence-corrected chi connectivity index (χ2v) is 10.6. The third kappa shape index (κ3) is 4.81. The molecule has 1 N–H and O–H groups in total. The maximum absolute atomic E-state index is 14.0. The second kappa shape index (κ2) is 10.1. The van der Waals surface area contributed by atoms with Gasteiger partial charge in [-0.25, -0.2) is 13.8 Å². The molecule has 0 fully saturated rings. The minimum Gasteiger partial charge on any atom is -0.337 e. The SMILES string of the molecule is CC(=O)c1cccc(-n2c(=O)c3c4c(sc3n(CC(=O)Nc3ccc(C)c(F)c3)c2=O)CN(C(C)=O)CC4)c1. The number of aromatic nitrogens is 2. The summed E-state index contributed by atoms with van der Waals surface area (Å²) in [5.41, 5.74) is 0.627. The largest absolute Gasteiger partial charge is 0.337 e. The van der Waals surface area contributed by atoms with Gasteiger partial charge in [0.15, 0.2) is 5.78 Å². The number of hydrogen-bond acceptors (Lipinski definition) is 6. The molecule has 0 unspecified atom stereocenters. The molecule has 9 nitrogen and oxygen atoms in total. The monoisotopic (exact) mass is 548 g/mol. The number of hydrogen-bond donors (Lipinski definition) is 1. The van der Waals surface area contributed by atoms with Crippen molar-refractivity contribution in [1.29, 1.82) is 0 Å². The van der Waals surface area contributed by atoms with Crippen LogP contribution in [0.3, 0.4) is 0 Å². The predicted octanol–water partition coefficient (Wildman–Crippen LogP) is 3.41. The lowest BCUT2D eigenvalue weighted by atomic mass is 10.1. The number of amides is 2. The Bertz CT molecular complexity index is 1800. The third-order valence-corrected chi connectivity index (χ3v) is 8.08. The normalized spacial score (nSPS) is 12.9. The highest BCUT2D eigenvalue weighted by molar-refractivity contribution is 7.18. The lowest BCUT2D eigenvalue weighted by Gasteiger charge is -2.25. The Labute approximate surface area is 226 Å². The molecule has 200 valence electrons. The van der Waals surface area contributed by atoms with E-state index in [-0.39, 0.29) is 23.1 Å². The smallest absolute Gasteiger partial charge is 0.337 e. The fourth-order valence-electron chi connectivity index (χ4n) is 4.72. The Balaban J connectivity index is 1.68. The summed E-state index contributed by atoms with van der Waals surface area (Å²) in [6.07, 6.45) is 0.421. The summed E-state index contributed by atoms with van der Waals surface area (Å²) in [6, 6.07) is 10.5. The van der Waals surface area contributed by atoms with Crippen LogP contribution in [-0.2, 0) is 29.1 Å². The highest BCUT2D eigenvalue weighted by Crippen LogP contribution is 2.33. The number of fused-ring (bicyclic) bond motifs is 3. The molecular formula is C28H25FN4O5S. The van der Waals surface area contributed by atoms with Gasteiger partial charge in [0.05, 0.1) is 17.6 Å². The standard InChI is InChI=1S/C28H25FN4O5S/c1-15-7-8-19(12-22(15)29)30-24(36)14-32-27-25(21-9-10-31(17(3)35)13-23(21)39-27)26(37)33(28(32)38)20-6-4-5-18(11-20)16(2)34/h4-8,11-12H,9-10,13-14H2,1-3H3,(H,30,36). The number of benzene rings is 2. The van der Waals surface area contributed by atoms with Crippen molar-refractivity contribution in [2.75, 3.05) is 11.9 Å². The minimum atomic E-state index is -0.750. The van der Waals surface area contributed by atoms with Gasteiger partial charge in [-0.2, -0.15) is 0 Å². The Morgan fingerprint density at radius 3 is 2.54 bits per heavy atom. The molecule has 0 bridgehead atoms. The van der Waals surface area contributed by atoms with Gasteiger partial charge < -0.3 is 10.2 Å². The number of carbonyl (C=O) groups excluding carboxylic acids is 3. The highest BCUT2D eigenvalue weighted by Gasteiger charge is 2.28. The summed E-state index contributed by atoms with van der Waals surface area (Å²) in [4.78, 5) is 67.4. The first-order valence-corrected chi connectivity index (χ1v) is 13.1. The number of nitrogens with one attached hydrogen (secondary N) is 1. The Morgan fingerprint density at radius 2 is 1.85 bits per heavy atom. The van der Waals surface area contributed by atoms with Gasteiger partial charge >= 0.3 is 5.69 Å². The van der Waals surface area contributed by atoms with Crippen LogP contribution in [0.25, 0.3) is 15.9 Å². The lowest BCUT2D eigenvalue weighted by molar-refractivity contribution is -0.129. The van der Waals surface area contributed by atoms with Crippen LogP contribution in [0.4, 0.5) is 10.1 Å². The second-order valence-electron chi connectivity index (χ2n) is 9.50. The third-order valence-electron chi connectivity index (χ3n) is 6.84. The van der Waals surface area contributed by atoms with Crippen molar-refractivity contribution in [3.8, 4) is 5.69 Å². The van der Waals surface area contributed by atoms with E-state index in [0.29, 0.717) is 40.9 Å². The highest BCUT2D eigenvalue weighted by atomic mass is 32.1. The average molecular weight is 549 g/mol. The van der Waals surface area contributed by atoms with E-state index >= 15 is 0 Å². The molecule has 1 aliphatic heterocycles. The number of anilines is 1. The van der Waals surface area contributed by atoms with Gasteiger partial charge in [0.2, 0.25) is 11.8 Å². The summed E-state index contributed by atoms with van der Waals surface area (Å²) in [5, 5.41) is 2.92. The summed E-state index contributed by atoms with van der Waals surface area (Å²) in [7, 11) is 0. The molecule has 0 aliphatic carbocycles. The molecule has 4 aromatic rings. The molecule has 39 heavy (non-hydrogen) atoms. The first-order chi connectivity index (χ1) is 18.5. The van der Waals surface area contributed by atoms with E-state index < -0.39 is 29.5 Å². The van der Waals surface area contributed by atoms with Crippen LogP contribution in [0, 0.1) is 12.7 Å². The molecule has 0 saturated heterocycles. The maximum atomic E-state index is 14.0.